The number of thioether (sulfide) groups is 1. The summed E-state index contributed by atoms with van der Waals surface area (Å²) in [5.74, 6) is 1.14. The first-order chi connectivity index (χ1) is 18.4. The predicted molar refractivity (Wildman–Crippen MR) is 153 cm³/mol. The second-order valence-corrected chi connectivity index (χ2v) is 9.58. The molecule has 0 fully saturated rings. The Hall–Kier alpha value is -4.24. The van der Waals surface area contributed by atoms with Crippen LogP contribution in [0.5, 0.6) is 11.5 Å². The Balaban J connectivity index is 1.55. The average Bonchev–Trinajstić information content (AvgIpc) is 2.92. The summed E-state index contributed by atoms with van der Waals surface area (Å²) in [7, 11) is 3.21. The minimum atomic E-state index is -0.582. The van der Waals surface area contributed by atoms with Crippen molar-refractivity contribution in [3.05, 3.63) is 95.2 Å². The summed E-state index contributed by atoms with van der Waals surface area (Å²) in [6, 6.07) is 21.6. The number of hydrogen-bond acceptors (Lipinski definition) is 7. The van der Waals surface area contributed by atoms with Gasteiger partial charge in [-0.1, -0.05) is 42.1 Å². The van der Waals surface area contributed by atoms with Gasteiger partial charge in [0.1, 0.15) is 17.5 Å². The standard InChI is InChI=1S/C29H30N4O4S/c1-18-10-11-20(16-24(18)37-4)27-26(28(35)32-21-8-6-5-7-9-21)19(2)30-29(33-27)38-17-25(34)31-22-12-14-23(36-3)15-13-22/h5-16,27H,17H2,1-4H3,(H,30,33)(H,31,34)(H,32,35)/t27-/m1/s1. The van der Waals surface area contributed by atoms with Crippen LogP contribution in [0.2, 0.25) is 0 Å². The quantitative estimate of drug-likeness (QED) is 0.366. The van der Waals surface area contributed by atoms with Crippen LogP contribution in [0.4, 0.5) is 11.4 Å². The van der Waals surface area contributed by atoms with Crippen molar-refractivity contribution in [2.75, 3.05) is 30.6 Å². The van der Waals surface area contributed by atoms with Gasteiger partial charge in [-0.2, -0.15) is 0 Å². The van der Waals surface area contributed by atoms with Gasteiger partial charge in [-0.25, -0.2) is 4.99 Å². The number of rotatable bonds is 8. The molecule has 0 saturated heterocycles. The number of carbonyl (C=O) groups excluding carboxylic acids is 2. The van der Waals surface area contributed by atoms with Crippen molar-refractivity contribution < 1.29 is 19.1 Å². The van der Waals surface area contributed by atoms with E-state index in [-0.39, 0.29) is 17.6 Å². The van der Waals surface area contributed by atoms with Crippen LogP contribution in [-0.4, -0.2) is 37.0 Å². The van der Waals surface area contributed by atoms with Crippen LogP contribution in [0.15, 0.2) is 89.1 Å². The first kappa shape index (κ1) is 26.8. The molecule has 0 unspecified atom stereocenters. The fourth-order valence-electron chi connectivity index (χ4n) is 3.99. The number of benzene rings is 3. The number of nitrogens with one attached hydrogen (secondary N) is 3. The first-order valence-corrected chi connectivity index (χ1v) is 13.0. The fraction of sp³-hybridized carbons (Fsp3) is 0.207. The molecule has 0 aromatic heterocycles. The highest BCUT2D eigenvalue weighted by Crippen LogP contribution is 2.35. The van der Waals surface area contributed by atoms with Gasteiger partial charge in [0.05, 0.1) is 25.5 Å². The van der Waals surface area contributed by atoms with Gasteiger partial charge >= 0.3 is 0 Å². The number of methoxy groups -OCH3 is 2. The normalized spacial score (nSPS) is 14.7. The van der Waals surface area contributed by atoms with Gasteiger partial charge in [-0.15, -0.1) is 0 Å². The van der Waals surface area contributed by atoms with Gasteiger partial charge in [0, 0.05) is 17.1 Å². The number of ether oxygens (including phenoxy) is 2. The van der Waals surface area contributed by atoms with E-state index in [1.165, 1.54) is 11.8 Å². The molecule has 0 radical (unpaired) electrons. The third-order valence-electron chi connectivity index (χ3n) is 5.96. The van der Waals surface area contributed by atoms with Crippen LogP contribution < -0.4 is 25.4 Å². The summed E-state index contributed by atoms with van der Waals surface area (Å²) in [6.45, 7) is 3.80. The van der Waals surface area contributed by atoms with Crippen molar-refractivity contribution in [2.24, 2.45) is 4.99 Å². The Morgan fingerprint density at radius 3 is 2.32 bits per heavy atom. The summed E-state index contributed by atoms with van der Waals surface area (Å²) in [5.41, 5.74) is 4.32. The summed E-state index contributed by atoms with van der Waals surface area (Å²) >= 11 is 1.27. The second kappa shape index (κ2) is 12.3. The molecule has 3 aromatic rings. The largest absolute Gasteiger partial charge is 0.497 e. The van der Waals surface area contributed by atoms with E-state index in [0.717, 1.165) is 11.1 Å². The maximum Gasteiger partial charge on any atom is 0.255 e. The monoisotopic (exact) mass is 530 g/mol. The summed E-state index contributed by atoms with van der Waals surface area (Å²) in [5, 5.41) is 9.60. The Labute approximate surface area is 226 Å². The van der Waals surface area contributed by atoms with Crippen molar-refractivity contribution in [3.63, 3.8) is 0 Å². The molecule has 1 aliphatic rings. The van der Waals surface area contributed by atoms with E-state index in [1.54, 1.807) is 38.5 Å². The molecule has 0 spiro atoms. The maximum atomic E-state index is 13.4. The topological polar surface area (TPSA) is 101 Å². The first-order valence-electron chi connectivity index (χ1n) is 12.0. The lowest BCUT2D eigenvalue weighted by Crippen LogP contribution is -2.32. The minimum absolute atomic E-state index is 0.140. The van der Waals surface area contributed by atoms with Gasteiger partial charge in [-0.3, -0.25) is 9.59 Å². The molecule has 3 aromatic carbocycles. The Bertz CT molecular complexity index is 1370. The van der Waals surface area contributed by atoms with Crippen molar-refractivity contribution in [1.82, 2.24) is 5.32 Å². The zero-order chi connectivity index (χ0) is 27.1. The highest BCUT2D eigenvalue weighted by molar-refractivity contribution is 8.14. The lowest BCUT2D eigenvalue weighted by molar-refractivity contribution is -0.114. The van der Waals surface area contributed by atoms with Crippen LogP contribution in [0.25, 0.3) is 0 Å². The van der Waals surface area contributed by atoms with E-state index in [1.807, 2.05) is 62.4 Å². The molecular formula is C29H30N4O4S. The molecule has 38 heavy (non-hydrogen) atoms. The van der Waals surface area contributed by atoms with Crippen molar-refractivity contribution in [1.29, 1.82) is 0 Å². The average molecular weight is 531 g/mol. The SMILES string of the molecule is COc1ccc(NC(=O)CSC2=N[C@H](c3ccc(C)c(OC)c3)C(C(=O)Nc3ccccc3)=C(C)N2)cc1. The molecule has 196 valence electrons. The van der Waals surface area contributed by atoms with E-state index in [4.69, 9.17) is 14.5 Å². The van der Waals surface area contributed by atoms with E-state index < -0.39 is 6.04 Å². The van der Waals surface area contributed by atoms with Crippen LogP contribution in [-0.2, 0) is 9.59 Å². The van der Waals surface area contributed by atoms with Crippen LogP contribution in [0.1, 0.15) is 24.1 Å². The van der Waals surface area contributed by atoms with Gasteiger partial charge < -0.3 is 25.4 Å². The molecule has 1 heterocycles. The van der Waals surface area contributed by atoms with Gasteiger partial charge in [0.2, 0.25) is 5.91 Å². The highest BCUT2D eigenvalue weighted by Gasteiger charge is 2.30. The second-order valence-electron chi connectivity index (χ2n) is 8.62. The predicted octanol–water partition coefficient (Wildman–Crippen LogP) is 5.30. The number of carbonyl (C=O) groups is 2. The number of anilines is 2. The van der Waals surface area contributed by atoms with E-state index >= 15 is 0 Å². The van der Waals surface area contributed by atoms with Crippen LogP contribution in [0, 0.1) is 6.92 Å². The minimum Gasteiger partial charge on any atom is -0.497 e. The molecular weight excluding hydrogens is 500 g/mol. The van der Waals surface area contributed by atoms with Crippen LogP contribution >= 0.6 is 11.8 Å². The molecule has 1 atom stereocenters. The van der Waals surface area contributed by atoms with E-state index in [0.29, 0.717) is 39.3 Å². The van der Waals surface area contributed by atoms with Gasteiger partial charge in [-0.05, 0) is 67.4 Å². The molecule has 0 saturated carbocycles. The molecule has 0 bridgehead atoms. The number of allylic oxidation sites excluding steroid dienone is 1. The number of amides is 2. The smallest absolute Gasteiger partial charge is 0.255 e. The molecule has 0 aliphatic carbocycles. The van der Waals surface area contributed by atoms with Crippen LogP contribution in [0.3, 0.4) is 0 Å². The highest BCUT2D eigenvalue weighted by atomic mass is 32.2. The molecule has 2 amide bonds. The Morgan fingerprint density at radius 2 is 1.63 bits per heavy atom. The zero-order valence-electron chi connectivity index (χ0n) is 21.7. The van der Waals surface area contributed by atoms with Gasteiger partial charge in [0.25, 0.3) is 5.91 Å². The zero-order valence-corrected chi connectivity index (χ0v) is 22.5. The number of para-hydroxylation sites is 1. The van der Waals surface area contributed by atoms with Crippen molar-refractivity contribution >= 4 is 40.1 Å². The third-order valence-corrected chi connectivity index (χ3v) is 6.84. The van der Waals surface area contributed by atoms with E-state index in [2.05, 4.69) is 16.0 Å². The van der Waals surface area contributed by atoms with Gasteiger partial charge in [0.15, 0.2) is 5.17 Å². The number of hydrogen-bond donors (Lipinski definition) is 3. The van der Waals surface area contributed by atoms with E-state index in [9.17, 15) is 9.59 Å². The summed E-state index contributed by atoms with van der Waals surface area (Å²) < 4.78 is 10.7. The maximum absolute atomic E-state index is 13.4. The summed E-state index contributed by atoms with van der Waals surface area (Å²) in [4.78, 5) is 30.9. The third kappa shape index (κ3) is 6.54. The Kier molecular flexibility index (Phi) is 8.70. The Morgan fingerprint density at radius 1 is 0.921 bits per heavy atom. The molecule has 8 nitrogen and oxygen atoms in total. The molecule has 4 rings (SSSR count). The summed E-state index contributed by atoms with van der Waals surface area (Å²) in [6.07, 6.45) is 0. The van der Waals surface area contributed by atoms with Crippen molar-refractivity contribution in [2.45, 2.75) is 19.9 Å². The molecule has 3 N–H and O–H groups in total. The molecule has 9 heteroatoms. The number of nitrogens with zero attached hydrogens (tertiary/aromatic N) is 1. The number of aliphatic imine (C=N–C) groups is 1. The lowest BCUT2D eigenvalue weighted by Gasteiger charge is -2.26. The number of aryl methyl sites for hydroxylation is 1. The number of amidine groups is 1. The van der Waals surface area contributed by atoms with Crippen molar-refractivity contribution in [3.8, 4) is 11.5 Å². The lowest BCUT2D eigenvalue weighted by atomic mass is 9.94. The molecule has 1 aliphatic heterocycles. The fourth-order valence-corrected chi connectivity index (χ4v) is 4.73.